The number of carbonyl (C=O) groups excluding carboxylic acids is 1. The minimum absolute atomic E-state index is 0.122. The summed E-state index contributed by atoms with van der Waals surface area (Å²) in [5.41, 5.74) is 0.329. The van der Waals surface area contributed by atoms with E-state index in [1.165, 1.54) is 12.6 Å². The third-order valence-corrected chi connectivity index (χ3v) is 2.03. The predicted molar refractivity (Wildman–Crippen MR) is 50.3 cm³/mol. The molecule has 0 aliphatic heterocycles. The number of ketones is 1. The second kappa shape index (κ2) is 3.64. The van der Waals surface area contributed by atoms with Crippen molar-refractivity contribution in [3.63, 3.8) is 0 Å². The van der Waals surface area contributed by atoms with Gasteiger partial charge in [0.05, 0.1) is 6.42 Å². The summed E-state index contributed by atoms with van der Waals surface area (Å²) in [5.74, 6) is 0.972. The highest BCUT2D eigenvalue weighted by Crippen LogP contribution is 2.05. The second-order valence-electron chi connectivity index (χ2n) is 3.15. The van der Waals surface area contributed by atoms with E-state index in [2.05, 4.69) is 15.1 Å². The summed E-state index contributed by atoms with van der Waals surface area (Å²) in [5, 5.41) is 3.88. The van der Waals surface area contributed by atoms with Crippen molar-refractivity contribution in [3.05, 3.63) is 30.0 Å². The van der Waals surface area contributed by atoms with Gasteiger partial charge in [0.2, 0.25) is 0 Å². The highest BCUT2D eigenvalue weighted by molar-refractivity contribution is 5.95. The van der Waals surface area contributed by atoms with Crippen LogP contribution in [0.25, 0.3) is 0 Å². The summed E-state index contributed by atoms with van der Waals surface area (Å²) in [6.07, 6.45) is 2.95. The number of Topliss-reactive ketones (excluding diaryl/α,β-unsaturated/α-hetero) is 1. The molecular formula is C9H10N4O2. The molecule has 0 bridgehead atoms. The van der Waals surface area contributed by atoms with Gasteiger partial charge in [-0.15, -0.1) is 0 Å². The topological polar surface area (TPSA) is 73.8 Å². The smallest absolute Gasteiger partial charge is 0.192 e. The van der Waals surface area contributed by atoms with E-state index in [9.17, 15) is 4.79 Å². The Hall–Kier alpha value is -1.98. The van der Waals surface area contributed by atoms with Gasteiger partial charge in [0.15, 0.2) is 11.7 Å². The van der Waals surface area contributed by atoms with E-state index in [1.807, 2.05) is 0 Å². The molecule has 6 nitrogen and oxygen atoms in total. The molecule has 0 amide bonds. The standard InChI is InChI=1S/C9H10N4O2/c1-6-12-7(4-15-6)8(14)3-9-10-5-11-13(9)2/h4-5H,3H2,1-2H3. The lowest BCUT2D eigenvalue weighted by molar-refractivity contribution is 0.0985. The first-order chi connectivity index (χ1) is 7.16. The van der Waals surface area contributed by atoms with Crippen LogP contribution in [-0.4, -0.2) is 25.5 Å². The fourth-order valence-corrected chi connectivity index (χ4v) is 1.21. The highest BCUT2D eigenvalue weighted by atomic mass is 16.3. The van der Waals surface area contributed by atoms with Crippen molar-refractivity contribution in [1.82, 2.24) is 19.7 Å². The second-order valence-corrected chi connectivity index (χ2v) is 3.15. The van der Waals surface area contributed by atoms with Gasteiger partial charge in [-0.1, -0.05) is 0 Å². The molecule has 2 heterocycles. The predicted octanol–water partition coefficient (Wildman–Crippen LogP) is 0.537. The highest BCUT2D eigenvalue weighted by Gasteiger charge is 2.13. The number of oxazole rings is 1. The third-order valence-electron chi connectivity index (χ3n) is 2.03. The molecular weight excluding hydrogens is 196 g/mol. The van der Waals surface area contributed by atoms with Gasteiger partial charge in [-0.05, 0) is 0 Å². The number of carbonyl (C=O) groups is 1. The number of hydrogen-bond donors (Lipinski definition) is 0. The van der Waals surface area contributed by atoms with Crippen molar-refractivity contribution in [2.75, 3.05) is 0 Å². The maximum Gasteiger partial charge on any atom is 0.192 e. The van der Waals surface area contributed by atoms with Crippen LogP contribution in [0, 0.1) is 6.92 Å². The van der Waals surface area contributed by atoms with Gasteiger partial charge in [0.25, 0.3) is 0 Å². The van der Waals surface area contributed by atoms with Gasteiger partial charge in [-0.3, -0.25) is 9.48 Å². The SMILES string of the molecule is Cc1nc(C(=O)Cc2ncnn2C)co1. The lowest BCUT2D eigenvalue weighted by Crippen LogP contribution is -2.09. The Bertz CT molecular complexity index is 486. The Morgan fingerprint density at radius 3 is 2.93 bits per heavy atom. The average molecular weight is 206 g/mol. The van der Waals surface area contributed by atoms with Gasteiger partial charge in [-0.25, -0.2) is 9.97 Å². The van der Waals surface area contributed by atoms with Gasteiger partial charge >= 0.3 is 0 Å². The van der Waals surface area contributed by atoms with Crippen LogP contribution in [0.15, 0.2) is 17.0 Å². The molecule has 0 N–H and O–H groups in total. The maximum atomic E-state index is 11.7. The number of nitrogens with zero attached hydrogens (tertiary/aromatic N) is 4. The molecule has 0 radical (unpaired) electrons. The molecule has 6 heteroatoms. The van der Waals surface area contributed by atoms with Gasteiger partial charge in [0, 0.05) is 14.0 Å². The van der Waals surface area contributed by atoms with Crippen LogP contribution in [0.2, 0.25) is 0 Å². The van der Waals surface area contributed by atoms with E-state index in [0.717, 1.165) is 0 Å². The molecule has 2 rings (SSSR count). The lowest BCUT2D eigenvalue weighted by atomic mass is 10.2. The maximum absolute atomic E-state index is 11.7. The van der Waals surface area contributed by atoms with Gasteiger partial charge < -0.3 is 4.42 Å². The van der Waals surface area contributed by atoms with Crippen LogP contribution in [0.4, 0.5) is 0 Å². The summed E-state index contributed by atoms with van der Waals surface area (Å²) in [6, 6.07) is 0. The quantitative estimate of drug-likeness (QED) is 0.685. The summed E-state index contributed by atoms with van der Waals surface area (Å²) < 4.78 is 6.52. The summed E-state index contributed by atoms with van der Waals surface area (Å²) >= 11 is 0. The van der Waals surface area contributed by atoms with Gasteiger partial charge in [-0.2, -0.15) is 5.10 Å². The molecule has 0 atom stereocenters. The number of aromatic nitrogens is 4. The molecule has 2 aromatic rings. The van der Waals surface area contributed by atoms with Crippen LogP contribution >= 0.6 is 0 Å². The molecule has 0 spiro atoms. The third kappa shape index (κ3) is 1.93. The molecule has 2 aromatic heterocycles. The number of aryl methyl sites for hydroxylation is 2. The zero-order chi connectivity index (χ0) is 10.8. The largest absolute Gasteiger partial charge is 0.449 e. The number of hydrogen-bond acceptors (Lipinski definition) is 5. The van der Waals surface area contributed by atoms with E-state index in [4.69, 9.17) is 4.42 Å². The zero-order valence-electron chi connectivity index (χ0n) is 8.47. The molecule has 0 saturated heterocycles. The van der Waals surface area contributed by atoms with E-state index in [-0.39, 0.29) is 12.2 Å². The van der Waals surface area contributed by atoms with Crippen molar-refractivity contribution >= 4 is 5.78 Å². The van der Waals surface area contributed by atoms with E-state index in [1.54, 1.807) is 18.7 Å². The average Bonchev–Trinajstić information content (AvgIpc) is 2.77. The van der Waals surface area contributed by atoms with Crippen molar-refractivity contribution in [2.45, 2.75) is 13.3 Å². The van der Waals surface area contributed by atoms with E-state index in [0.29, 0.717) is 17.4 Å². The summed E-state index contributed by atoms with van der Waals surface area (Å²) in [4.78, 5) is 19.6. The lowest BCUT2D eigenvalue weighted by Gasteiger charge is -1.96. The molecule has 0 aromatic carbocycles. The Morgan fingerprint density at radius 2 is 2.40 bits per heavy atom. The monoisotopic (exact) mass is 206 g/mol. The minimum atomic E-state index is -0.122. The van der Waals surface area contributed by atoms with Crippen molar-refractivity contribution in [3.8, 4) is 0 Å². The normalized spacial score (nSPS) is 10.5. The van der Waals surface area contributed by atoms with Crippen molar-refractivity contribution in [2.24, 2.45) is 7.05 Å². The Kier molecular flexibility index (Phi) is 2.32. The fourth-order valence-electron chi connectivity index (χ4n) is 1.21. The fraction of sp³-hybridized carbons (Fsp3) is 0.333. The molecule has 0 saturated carbocycles. The first-order valence-electron chi connectivity index (χ1n) is 4.45. The molecule has 78 valence electrons. The van der Waals surface area contributed by atoms with E-state index < -0.39 is 0 Å². The van der Waals surface area contributed by atoms with Crippen molar-refractivity contribution in [1.29, 1.82) is 0 Å². The Morgan fingerprint density at radius 1 is 1.60 bits per heavy atom. The van der Waals surface area contributed by atoms with Crippen LogP contribution in [0.1, 0.15) is 22.2 Å². The Labute approximate surface area is 86.0 Å². The Balaban J connectivity index is 2.14. The molecule has 0 aliphatic rings. The minimum Gasteiger partial charge on any atom is -0.449 e. The van der Waals surface area contributed by atoms with Gasteiger partial charge in [0.1, 0.15) is 24.1 Å². The van der Waals surface area contributed by atoms with Crippen molar-refractivity contribution < 1.29 is 9.21 Å². The van der Waals surface area contributed by atoms with Crippen LogP contribution < -0.4 is 0 Å². The summed E-state index contributed by atoms with van der Waals surface area (Å²) in [6.45, 7) is 1.69. The van der Waals surface area contributed by atoms with Crippen LogP contribution in [0.5, 0.6) is 0 Å². The van der Waals surface area contributed by atoms with E-state index >= 15 is 0 Å². The zero-order valence-corrected chi connectivity index (χ0v) is 8.47. The molecule has 15 heavy (non-hydrogen) atoms. The molecule has 0 fully saturated rings. The van der Waals surface area contributed by atoms with Crippen LogP contribution in [0.3, 0.4) is 0 Å². The molecule has 0 unspecified atom stereocenters. The first kappa shape index (κ1) is 9.57. The van der Waals surface area contributed by atoms with Crippen LogP contribution in [-0.2, 0) is 13.5 Å². The summed E-state index contributed by atoms with van der Waals surface area (Å²) in [7, 11) is 1.74. The first-order valence-corrected chi connectivity index (χ1v) is 4.45. The molecule has 0 aliphatic carbocycles. The number of rotatable bonds is 3.